The number of rotatable bonds is 6. The van der Waals surface area contributed by atoms with Crippen molar-refractivity contribution in [2.24, 2.45) is 0 Å². The summed E-state index contributed by atoms with van der Waals surface area (Å²) in [5, 5.41) is 0. The Labute approximate surface area is 158 Å². The third-order valence-corrected chi connectivity index (χ3v) is 4.64. The minimum atomic E-state index is -0.658. The molecule has 26 heavy (non-hydrogen) atoms. The summed E-state index contributed by atoms with van der Waals surface area (Å²) < 4.78 is 47.0. The van der Waals surface area contributed by atoms with Crippen LogP contribution in [0.2, 0.25) is 0 Å². The first-order valence-electron chi connectivity index (χ1n) is 8.05. The minimum absolute atomic E-state index is 0.204. The van der Waals surface area contributed by atoms with Gasteiger partial charge >= 0.3 is 0 Å². The van der Waals surface area contributed by atoms with Crippen molar-refractivity contribution in [2.45, 2.75) is 12.5 Å². The van der Waals surface area contributed by atoms with Crippen LogP contribution in [0.4, 0.5) is 13.2 Å². The Bertz CT molecular complexity index is 863. The summed E-state index contributed by atoms with van der Waals surface area (Å²) in [4.78, 5) is 0. The highest BCUT2D eigenvalue weighted by molar-refractivity contribution is 9.10. The van der Waals surface area contributed by atoms with E-state index in [0.717, 1.165) is 11.6 Å². The zero-order valence-electron chi connectivity index (χ0n) is 13.8. The molecule has 3 aromatic rings. The molecule has 0 heterocycles. The molecule has 1 unspecified atom stereocenters. The van der Waals surface area contributed by atoms with E-state index in [9.17, 15) is 13.2 Å². The van der Waals surface area contributed by atoms with Crippen LogP contribution in [0.25, 0.3) is 0 Å². The molecule has 0 fully saturated rings. The summed E-state index contributed by atoms with van der Waals surface area (Å²) in [7, 11) is 0. The standard InChI is InChI=1S/C21H16BrF3O/c22-20-10-15(6-7-21(20)25)19(16-8-17(23)11-18(24)9-16)13-26-12-14-4-2-1-3-5-14/h1-11,19H,12-13H2. The maximum atomic E-state index is 13.7. The van der Waals surface area contributed by atoms with Crippen molar-refractivity contribution in [1.29, 1.82) is 0 Å². The predicted octanol–water partition coefficient (Wildman–Crippen LogP) is 6.22. The van der Waals surface area contributed by atoms with Gasteiger partial charge in [-0.1, -0.05) is 36.4 Å². The van der Waals surface area contributed by atoms with E-state index < -0.39 is 23.4 Å². The molecule has 0 bridgehead atoms. The van der Waals surface area contributed by atoms with E-state index in [0.29, 0.717) is 22.2 Å². The Hall–Kier alpha value is -2.11. The molecule has 0 aliphatic heterocycles. The number of hydrogen-bond donors (Lipinski definition) is 0. The lowest BCUT2D eigenvalue weighted by Gasteiger charge is -2.19. The van der Waals surface area contributed by atoms with Gasteiger partial charge in [0.15, 0.2) is 0 Å². The zero-order chi connectivity index (χ0) is 18.5. The maximum absolute atomic E-state index is 13.7. The van der Waals surface area contributed by atoms with Crippen LogP contribution < -0.4 is 0 Å². The van der Waals surface area contributed by atoms with E-state index in [1.54, 1.807) is 12.1 Å². The van der Waals surface area contributed by atoms with Crippen LogP contribution in [-0.2, 0) is 11.3 Å². The van der Waals surface area contributed by atoms with Gasteiger partial charge in [0.2, 0.25) is 0 Å². The van der Waals surface area contributed by atoms with Crippen LogP contribution >= 0.6 is 15.9 Å². The first-order chi connectivity index (χ1) is 12.5. The lowest BCUT2D eigenvalue weighted by atomic mass is 9.92. The van der Waals surface area contributed by atoms with Gasteiger partial charge in [0.1, 0.15) is 17.5 Å². The summed E-state index contributed by atoms with van der Waals surface area (Å²) >= 11 is 3.16. The van der Waals surface area contributed by atoms with Crippen molar-refractivity contribution in [3.63, 3.8) is 0 Å². The molecule has 0 amide bonds. The maximum Gasteiger partial charge on any atom is 0.137 e. The summed E-state index contributed by atoms with van der Waals surface area (Å²) in [5.74, 6) is -2.15. The molecule has 0 spiro atoms. The van der Waals surface area contributed by atoms with Gasteiger partial charge in [0.25, 0.3) is 0 Å². The predicted molar refractivity (Wildman–Crippen MR) is 98.4 cm³/mol. The largest absolute Gasteiger partial charge is 0.376 e. The Morgan fingerprint density at radius 1 is 0.808 bits per heavy atom. The van der Waals surface area contributed by atoms with Gasteiger partial charge < -0.3 is 4.74 Å². The van der Waals surface area contributed by atoms with Crippen LogP contribution in [0, 0.1) is 17.5 Å². The molecule has 0 N–H and O–H groups in total. The fraction of sp³-hybridized carbons (Fsp3) is 0.143. The third kappa shape index (κ3) is 4.74. The van der Waals surface area contributed by atoms with Gasteiger partial charge in [-0.05, 0) is 56.9 Å². The SMILES string of the molecule is Fc1cc(F)cc(C(COCc2ccccc2)c2ccc(F)c(Br)c2)c1. The van der Waals surface area contributed by atoms with Crippen LogP contribution in [0.5, 0.6) is 0 Å². The molecular formula is C21H16BrF3O. The molecule has 0 aliphatic rings. The van der Waals surface area contributed by atoms with Crippen LogP contribution in [0.15, 0.2) is 71.2 Å². The first kappa shape index (κ1) is 18.7. The molecule has 3 rings (SSSR count). The van der Waals surface area contributed by atoms with Crippen molar-refractivity contribution in [3.05, 3.63) is 105 Å². The average molecular weight is 421 g/mol. The molecule has 1 atom stereocenters. The monoisotopic (exact) mass is 420 g/mol. The van der Waals surface area contributed by atoms with Gasteiger partial charge in [0.05, 0.1) is 17.7 Å². The molecule has 0 aromatic heterocycles. The third-order valence-electron chi connectivity index (χ3n) is 4.03. The van der Waals surface area contributed by atoms with E-state index >= 15 is 0 Å². The highest BCUT2D eigenvalue weighted by Gasteiger charge is 2.18. The van der Waals surface area contributed by atoms with Crippen LogP contribution in [0.1, 0.15) is 22.6 Å². The van der Waals surface area contributed by atoms with Crippen molar-refractivity contribution in [3.8, 4) is 0 Å². The highest BCUT2D eigenvalue weighted by Crippen LogP contribution is 2.29. The van der Waals surface area contributed by atoms with Crippen LogP contribution in [-0.4, -0.2) is 6.61 Å². The average Bonchev–Trinajstić information content (AvgIpc) is 2.61. The second-order valence-corrected chi connectivity index (χ2v) is 6.78. The molecular weight excluding hydrogens is 405 g/mol. The van der Waals surface area contributed by atoms with Gasteiger partial charge in [-0.2, -0.15) is 0 Å². The van der Waals surface area contributed by atoms with Gasteiger partial charge in [-0.25, -0.2) is 13.2 Å². The molecule has 134 valence electrons. The van der Waals surface area contributed by atoms with Crippen molar-refractivity contribution in [2.75, 3.05) is 6.61 Å². The Kier molecular flexibility index (Phi) is 6.12. The fourth-order valence-corrected chi connectivity index (χ4v) is 3.16. The normalized spacial score (nSPS) is 12.2. The lowest BCUT2D eigenvalue weighted by Crippen LogP contribution is -2.11. The van der Waals surface area contributed by atoms with Gasteiger partial charge in [-0.15, -0.1) is 0 Å². The Morgan fingerprint density at radius 2 is 1.50 bits per heavy atom. The molecule has 1 nitrogen and oxygen atoms in total. The smallest absolute Gasteiger partial charge is 0.137 e. The van der Waals surface area contributed by atoms with E-state index in [2.05, 4.69) is 15.9 Å². The molecule has 5 heteroatoms. The highest BCUT2D eigenvalue weighted by atomic mass is 79.9. The van der Waals surface area contributed by atoms with E-state index in [-0.39, 0.29) is 6.61 Å². The Balaban J connectivity index is 1.86. The van der Waals surface area contributed by atoms with Crippen molar-refractivity contribution >= 4 is 15.9 Å². The molecule has 0 saturated carbocycles. The second kappa shape index (κ2) is 8.52. The van der Waals surface area contributed by atoms with Crippen molar-refractivity contribution in [1.82, 2.24) is 0 Å². The summed E-state index contributed by atoms with van der Waals surface area (Å²) in [6.07, 6.45) is 0. The second-order valence-electron chi connectivity index (χ2n) is 5.93. The number of benzene rings is 3. The van der Waals surface area contributed by atoms with E-state index in [4.69, 9.17) is 4.74 Å². The van der Waals surface area contributed by atoms with Crippen molar-refractivity contribution < 1.29 is 17.9 Å². The van der Waals surface area contributed by atoms with E-state index in [1.165, 1.54) is 18.2 Å². The molecule has 3 aromatic carbocycles. The molecule has 0 saturated heterocycles. The molecule has 0 aliphatic carbocycles. The molecule has 0 radical (unpaired) electrons. The van der Waals surface area contributed by atoms with Gasteiger partial charge in [-0.3, -0.25) is 0 Å². The number of halogens is 4. The zero-order valence-corrected chi connectivity index (χ0v) is 15.3. The summed E-state index contributed by atoms with van der Waals surface area (Å²) in [5.41, 5.74) is 2.14. The van der Waals surface area contributed by atoms with E-state index in [1.807, 2.05) is 30.3 Å². The minimum Gasteiger partial charge on any atom is -0.376 e. The quantitative estimate of drug-likeness (QED) is 0.460. The lowest BCUT2D eigenvalue weighted by molar-refractivity contribution is 0.114. The topological polar surface area (TPSA) is 9.23 Å². The van der Waals surface area contributed by atoms with Crippen LogP contribution in [0.3, 0.4) is 0 Å². The summed E-state index contributed by atoms with van der Waals surface area (Å²) in [6, 6.07) is 17.5. The number of ether oxygens (including phenoxy) is 1. The van der Waals surface area contributed by atoms with Gasteiger partial charge in [0, 0.05) is 12.0 Å². The fourth-order valence-electron chi connectivity index (χ4n) is 2.76. The Morgan fingerprint density at radius 3 is 2.15 bits per heavy atom. The first-order valence-corrected chi connectivity index (χ1v) is 8.85. The number of hydrogen-bond acceptors (Lipinski definition) is 1. The summed E-state index contributed by atoms with van der Waals surface area (Å²) in [6.45, 7) is 0.577.